The third-order valence-electron chi connectivity index (χ3n) is 1.96. The quantitative estimate of drug-likeness (QED) is 0.407. The lowest BCUT2D eigenvalue weighted by molar-refractivity contribution is 1.42. The van der Waals surface area contributed by atoms with Crippen LogP contribution in [0.4, 0.5) is 0 Å². The molecule has 17 heavy (non-hydrogen) atoms. The number of H-pyrrole nitrogens is 2. The Balaban J connectivity index is 0.000000154. The number of fused-ring (bicyclic) bond motifs is 1. The molecular weight excluding hydrogens is 212 g/mol. The second-order valence-corrected chi connectivity index (χ2v) is 3.08. The van der Waals surface area contributed by atoms with Gasteiger partial charge in [0.1, 0.15) is 0 Å². The Morgan fingerprint density at radius 1 is 0.941 bits per heavy atom. The number of nitriles is 1. The molecule has 1 aromatic carbocycles. The second-order valence-electron chi connectivity index (χ2n) is 3.08. The maximum Gasteiger partial charge on any atom is 0.173 e. The Hall–Kier alpha value is -2.67. The van der Waals surface area contributed by atoms with Gasteiger partial charge in [-0.1, -0.05) is 18.2 Å². The summed E-state index contributed by atoms with van der Waals surface area (Å²) >= 11 is 0. The summed E-state index contributed by atoms with van der Waals surface area (Å²) in [5, 5.41) is 8.37. The van der Waals surface area contributed by atoms with Crippen LogP contribution in [0.1, 0.15) is 0 Å². The Morgan fingerprint density at radius 2 is 1.59 bits per heavy atom. The van der Waals surface area contributed by atoms with Gasteiger partial charge >= 0.3 is 0 Å². The molecule has 0 radical (unpaired) electrons. The lowest BCUT2D eigenvalue weighted by Gasteiger charge is -1.83. The van der Waals surface area contributed by atoms with Crippen molar-refractivity contribution in [3.8, 4) is 6.19 Å². The summed E-state index contributed by atoms with van der Waals surface area (Å²) in [7, 11) is 0. The van der Waals surface area contributed by atoms with Crippen LogP contribution >= 0.6 is 0 Å². The fraction of sp³-hybridized carbons (Fsp3) is 0. The molecule has 0 aliphatic carbocycles. The van der Waals surface area contributed by atoms with Crippen LogP contribution in [0.3, 0.4) is 0 Å². The van der Waals surface area contributed by atoms with E-state index >= 15 is 0 Å². The first-order chi connectivity index (χ1) is 8.38. The Bertz CT molecular complexity index is 499. The number of nitrogens with two attached hydrogens (primary N) is 1. The molecule has 86 valence electrons. The van der Waals surface area contributed by atoms with Crippen LogP contribution in [0.15, 0.2) is 61.1 Å². The molecule has 0 bridgehead atoms. The SMILES string of the molecule is N#CN.c1cc[nH]c1.c1ccc2[nH]ccc2c1. The highest BCUT2D eigenvalue weighted by Crippen LogP contribution is 2.09. The minimum Gasteiger partial charge on any atom is -0.368 e. The van der Waals surface area contributed by atoms with Gasteiger partial charge in [-0.3, -0.25) is 0 Å². The number of para-hydroxylation sites is 1. The first-order valence-corrected chi connectivity index (χ1v) is 5.08. The van der Waals surface area contributed by atoms with Crippen molar-refractivity contribution in [1.29, 1.82) is 5.26 Å². The van der Waals surface area contributed by atoms with Gasteiger partial charge in [0.25, 0.3) is 0 Å². The molecule has 4 nitrogen and oxygen atoms in total. The monoisotopic (exact) mass is 226 g/mol. The predicted octanol–water partition coefficient (Wildman–Crippen LogP) is 2.61. The first kappa shape index (κ1) is 12.4. The number of aromatic nitrogens is 2. The molecule has 0 fully saturated rings. The number of hydrogen-bond acceptors (Lipinski definition) is 2. The molecule has 2 heterocycles. The third kappa shape index (κ3) is 4.58. The van der Waals surface area contributed by atoms with Gasteiger partial charge in [-0.25, -0.2) is 0 Å². The van der Waals surface area contributed by atoms with Crippen molar-refractivity contribution >= 4 is 10.9 Å². The average Bonchev–Trinajstić information content (AvgIpc) is 3.05. The minimum atomic E-state index is 1.21. The van der Waals surface area contributed by atoms with E-state index in [1.54, 1.807) is 0 Å². The molecule has 0 unspecified atom stereocenters. The van der Waals surface area contributed by atoms with Crippen LogP contribution in [0.25, 0.3) is 10.9 Å². The molecule has 4 heteroatoms. The molecule has 4 N–H and O–H groups in total. The van der Waals surface area contributed by atoms with Crippen LogP contribution in [0.2, 0.25) is 0 Å². The minimum absolute atomic E-state index is 1.21. The second kappa shape index (κ2) is 7.60. The first-order valence-electron chi connectivity index (χ1n) is 5.08. The van der Waals surface area contributed by atoms with Crippen LogP contribution in [0, 0.1) is 11.5 Å². The van der Waals surface area contributed by atoms with Crippen LogP contribution in [-0.2, 0) is 0 Å². The molecule has 0 saturated heterocycles. The fourth-order valence-electron chi connectivity index (χ4n) is 1.27. The van der Waals surface area contributed by atoms with E-state index in [0.717, 1.165) is 0 Å². The van der Waals surface area contributed by atoms with E-state index in [4.69, 9.17) is 5.26 Å². The van der Waals surface area contributed by atoms with Crippen molar-refractivity contribution < 1.29 is 0 Å². The zero-order chi connectivity index (χ0) is 12.3. The summed E-state index contributed by atoms with van der Waals surface area (Å²) in [5.41, 5.74) is 5.36. The maximum absolute atomic E-state index is 7.10. The largest absolute Gasteiger partial charge is 0.368 e. The molecule has 0 atom stereocenters. The van der Waals surface area contributed by atoms with Gasteiger partial charge in [-0.05, 0) is 29.7 Å². The molecule has 0 saturated carbocycles. The van der Waals surface area contributed by atoms with Gasteiger partial charge < -0.3 is 15.7 Å². The van der Waals surface area contributed by atoms with E-state index in [-0.39, 0.29) is 0 Å². The number of rotatable bonds is 0. The number of benzene rings is 1. The number of nitrogens with zero attached hydrogens (tertiary/aromatic N) is 1. The maximum atomic E-state index is 7.10. The summed E-state index contributed by atoms with van der Waals surface area (Å²) in [6.45, 7) is 0. The van der Waals surface area contributed by atoms with Crippen molar-refractivity contribution in [1.82, 2.24) is 9.97 Å². The molecule has 3 rings (SSSR count). The highest BCUT2D eigenvalue weighted by Gasteiger charge is 1.86. The van der Waals surface area contributed by atoms with Crippen molar-refractivity contribution in [2.24, 2.45) is 5.73 Å². The predicted molar refractivity (Wildman–Crippen MR) is 68.9 cm³/mol. The van der Waals surface area contributed by atoms with Crippen molar-refractivity contribution in [3.05, 3.63) is 61.1 Å². The van der Waals surface area contributed by atoms with Gasteiger partial charge in [0.05, 0.1) is 0 Å². The highest BCUT2D eigenvalue weighted by atomic mass is 14.7. The summed E-state index contributed by atoms with van der Waals surface area (Å²) in [6, 6.07) is 14.2. The topological polar surface area (TPSA) is 81.4 Å². The highest BCUT2D eigenvalue weighted by molar-refractivity contribution is 5.78. The lowest BCUT2D eigenvalue weighted by atomic mass is 10.3. The molecule has 3 aromatic rings. The van der Waals surface area contributed by atoms with E-state index in [2.05, 4.69) is 33.9 Å². The van der Waals surface area contributed by atoms with Gasteiger partial charge in [-0.2, -0.15) is 5.26 Å². The molecule has 0 aliphatic rings. The van der Waals surface area contributed by atoms with Gasteiger partial charge in [-0.15, -0.1) is 0 Å². The molecule has 0 spiro atoms. The van der Waals surface area contributed by atoms with Gasteiger partial charge in [0.15, 0.2) is 6.19 Å². The molecular formula is C13H14N4. The lowest BCUT2D eigenvalue weighted by Crippen LogP contribution is -1.69. The number of nitrogens with one attached hydrogen (secondary N) is 2. The standard InChI is InChI=1S/C8H7N.C4H5N.CH2N2/c1-2-4-8-7(3-1)5-6-9-8;1-2-4-5-3-1;2-1-3/h1-6,9H;1-5H;2H2. The van der Waals surface area contributed by atoms with Crippen LogP contribution in [0.5, 0.6) is 0 Å². The summed E-state index contributed by atoms with van der Waals surface area (Å²) in [4.78, 5) is 5.98. The van der Waals surface area contributed by atoms with Crippen LogP contribution in [-0.4, -0.2) is 9.97 Å². The Labute approximate surface area is 99.7 Å². The van der Waals surface area contributed by atoms with Crippen LogP contribution < -0.4 is 5.73 Å². The molecule has 0 amide bonds. The molecule has 0 aliphatic heterocycles. The number of hydrogen-bond donors (Lipinski definition) is 3. The third-order valence-corrected chi connectivity index (χ3v) is 1.96. The van der Waals surface area contributed by atoms with Gasteiger partial charge in [0.2, 0.25) is 0 Å². The zero-order valence-corrected chi connectivity index (χ0v) is 9.30. The zero-order valence-electron chi connectivity index (χ0n) is 9.30. The van der Waals surface area contributed by atoms with Crippen molar-refractivity contribution in [2.45, 2.75) is 0 Å². The summed E-state index contributed by atoms with van der Waals surface area (Å²) in [5.74, 6) is 0. The van der Waals surface area contributed by atoms with Crippen molar-refractivity contribution in [3.63, 3.8) is 0 Å². The van der Waals surface area contributed by atoms with E-state index in [9.17, 15) is 0 Å². The number of aromatic amines is 2. The van der Waals surface area contributed by atoms with E-state index in [0.29, 0.717) is 0 Å². The van der Waals surface area contributed by atoms with E-state index in [1.807, 2.05) is 42.9 Å². The Morgan fingerprint density at radius 3 is 2.12 bits per heavy atom. The van der Waals surface area contributed by atoms with E-state index < -0.39 is 0 Å². The molecule has 2 aromatic heterocycles. The smallest absolute Gasteiger partial charge is 0.173 e. The normalized spacial score (nSPS) is 8.18. The van der Waals surface area contributed by atoms with Crippen molar-refractivity contribution in [2.75, 3.05) is 0 Å². The van der Waals surface area contributed by atoms with Gasteiger partial charge in [0, 0.05) is 24.1 Å². The summed E-state index contributed by atoms with van der Waals surface area (Å²) < 4.78 is 0. The summed E-state index contributed by atoms with van der Waals surface area (Å²) in [6.07, 6.45) is 6.95. The average molecular weight is 226 g/mol. The Kier molecular flexibility index (Phi) is 5.54. The fourth-order valence-corrected chi connectivity index (χ4v) is 1.27. The van der Waals surface area contributed by atoms with E-state index in [1.165, 1.54) is 17.1 Å².